The SMILES string of the molecule is CCOC(=O)Cn1c(C)cc2c(N)cccc21.CCOC(=O)Cn1c(C)cc2c(NC(C)=O)cccc21. The number of nitrogens with one attached hydrogen (secondary N) is 1. The third kappa shape index (κ3) is 6.49. The molecule has 0 atom stereocenters. The summed E-state index contributed by atoms with van der Waals surface area (Å²) in [5.41, 5.74) is 11.2. The average molecular weight is 507 g/mol. The van der Waals surface area contributed by atoms with Gasteiger partial charge >= 0.3 is 11.9 Å². The number of benzene rings is 2. The first-order valence-corrected chi connectivity index (χ1v) is 12.2. The van der Waals surface area contributed by atoms with Crippen molar-refractivity contribution in [2.24, 2.45) is 0 Å². The van der Waals surface area contributed by atoms with Gasteiger partial charge in [0.2, 0.25) is 5.91 Å². The van der Waals surface area contributed by atoms with Crippen LogP contribution in [0.15, 0.2) is 48.5 Å². The van der Waals surface area contributed by atoms with Crippen LogP contribution in [0.5, 0.6) is 0 Å². The maximum atomic E-state index is 11.7. The molecule has 0 radical (unpaired) electrons. The fourth-order valence-electron chi connectivity index (χ4n) is 4.25. The maximum absolute atomic E-state index is 11.7. The molecule has 0 bridgehead atoms. The Bertz CT molecular complexity index is 1430. The monoisotopic (exact) mass is 506 g/mol. The van der Waals surface area contributed by atoms with E-state index in [4.69, 9.17) is 15.2 Å². The number of aromatic nitrogens is 2. The molecule has 0 aliphatic heterocycles. The van der Waals surface area contributed by atoms with Crippen molar-refractivity contribution < 1.29 is 23.9 Å². The summed E-state index contributed by atoms with van der Waals surface area (Å²) in [4.78, 5) is 34.4. The van der Waals surface area contributed by atoms with Gasteiger partial charge < -0.3 is 29.7 Å². The van der Waals surface area contributed by atoms with Crippen LogP contribution in [0.1, 0.15) is 32.2 Å². The molecule has 0 saturated heterocycles. The summed E-state index contributed by atoms with van der Waals surface area (Å²) in [6.07, 6.45) is 0. The quantitative estimate of drug-likeness (QED) is 0.280. The van der Waals surface area contributed by atoms with Gasteiger partial charge in [0, 0.05) is 34.8 Å². The van der Waals surface area contributed by atoms with Gasteiger partial charge in [-0.2, -0.15) is 0 Å². The largest absolute Gasteiger partial charge is 0.465 e. The highest BCUT2D eigenvalue weighted by molar-refractivity contribution is 6.01. The van der Waals surface area contributed by atoms with Crippen LogP contribution in [-0.4, -0.2) is 40.2 Å². The highest BCUT2D eigenvalue weighted by Crippen LogP contribution is 2.27. The zero-order valence-corrected chi connectivity index (χ0v) is 22.0. The molecule has 2 aromatic carbocycles. The minimum atomic E-state index is -0.266. The highest BCUT2D eigenvalue weighted by atomic mass is 16.5. The number of carbonyl (C=O) groups excluding carboxylic acids is 3. The Morgan fingerprint density at radius 1 is 0.811 bits per heavy atom. The molecular formula is C28H34N4O5. The molecule has 0 aliphatic rings. The summed E-state index contributed by atoms with van der Waals surface area (Å²) in [6.45, 7) is 10.1. The fraction of sp³-hybridized carbons (Fsp3) is 0.321. The number of nitrogens with zero attached hydrogens (tertiary/aromatic N) is 2. The molecule has 0 fully saturated rings. The van der Waals surface area contributed by atoms with E-state index in [2.05, 4.69) is 5.32 Å². The second-order valence-corrected chi connectivity index (χ2v) is 8.55. The van der Waals surface area contributed by atoms with Crippen molar-refractivity contribution in [3.63, 3.8) is 0 Å². The Morgan fingerprint density at radius 3 is 1.81 bits per heavy atom. The van der Waals surface area contributed by atoms with Crippen LogP contribution in [0.4, 0.5) is 11.4 Å². The number of nitrogens with two attached hydrogens (primary N) is 1. The first-order chi connectivity index (χ1) is 17.7. The lowest BCUT2D eigenvalue weighted by Crippen LogP contribution is -2.14. The van der Waals surface area contributed by atoms with Gasteiger partial charge in [-0.3, -0.25) is 14.4 Å². The summed E-state index contributed by atoms with van der Waals surface area (Å²) >= 11 is 0. The van der Waals surface area contributed by atoms with E-state index in [0.717, 1.165) is 44.6 Å². The van der Waals surface area contributed by atoms with Crippen molar-refractivity contribution >= 4 is 51.0 Å². The van der Waals surface area contributed by atoms with Crippen molar-refractivity contribution in [2.75, 3.05) is 24.3 Å². The van der Waals surface area contributed by atoms with E-state index in [0.29, 0.717) is 13.2 Å². The van der Waals surface area contributed by atoms with Crippen LogP contribution in [0.2, 0.25) is 0 Å². The smallest absolute Gasteiger partial charge is 0.325 e. The van der Waals surface area contributed by atoms with Gasteiger partial charge in [0.05, 0.1) is 29.9 Å². The van der Waals surface area contributed by atoms with E-state index in [-0.39, 0.29) is 30.9 Å². The van der Waals surface area contributed by atoms with Crippen LogP contribution < -0.4 is 11.1 Å². The first kappa shape index (κ1) is 27.3. The Morgan fingerprint density at radius 2 is 1.30 bits per heavy atom. The molecular weight excluding hydrogens is 472 g/mol. The van der Waals surface area contributed by atoms with Crippen LogP contribution in [0, 0.1) is 13.8 Å². The predicted octanol–water partition coefficient (Wildman–Crippen LogP) is 4.57. The normalized spacial score (nSPS) is 10.6. The van der Waals surface area contributed by atoms with Gasteiger partial charge in [-0.15, -0.1) is 0 Å². The number of rotatable bonds is 7. The molecule has 3 N–H and O–H groups in total. The third-order valence-electron chi connectivity index (χ3n) is 5.84. The highest BCUT2D eigenvalue weighted by Gasteiger charge is 2.13. The molecule has 4 rings (SSSR count). The van der Waals surface area contributed by atoms with E-state index in [9.17, 15) is 14.4 Å². The zero-order chi connectivity index (χ0) is 27.1. The van der Waals surface area contributed by atoms with Gasteiger partial charge in [-0.05, 0) is 64.1 Å². The van der Waals surface area contributed by atoms with Gasteiger partial charge in [0.1, 0.15) is 13.1 Å². The molecule has 0 unspecified atom stereocenters. The molecule has 9 nitrogen and oxygen atoms in total. The van der Waals surface area contributed by atoms with Crippen LogP contribution in [0.3, 0.4) is 0 Å². The number of aryl methyl sites for hydroxylation is 2. The van der Waals surface area contributed by atoms with E-state index in [1.807, 2.05) is 71.5 Å². The topological polar surface area (TPSA) is 118 Å². The van der Waals surface area contributed by atoms with Crippen molar-refractivity contribution in [2.45, 2.75) is 47.7 Å². The lowest BCUT2D eigenvalue weighted by atomic mass is 10.2. The number of ether oxygens (including phenoxy) is 2. The number of hydrogen-bond donors (Lipinski definition) is 2. The summed E-state index contributed by atoms with van der Waals surface area (Å²) in [7, 11) is 0. The third-order valence-corrected chi connectivity index (χ3v) is 5.84. The summed E-state index contributed by atoms with van der Waals surface area (Å²) in [6, 6.07) is 15.3. The summed E-state index contributed by atoms with van der Waals surface area (Å²) in [5.74, 6) is -0.609. The van der Waals surface area contributed by atoms with Crippen LogP contribution >= 0.6 is 0 Å². The number of amides is 1. The lowest BCUT2D eigenvalue weighted by molar-refractivity contribution is -0.144. The van der Waals surface area contributed by atoms with Crippen LogP contribution in [0.25, 0.3) is 21.8 Å². The van der Waals surface area contributed by atoms with E-state index >= 15 is 0 Å². The molecule has 4 aromatic rings. The molecule has 0 saturated carbocycles. The Hall–Kier alpha value is -4.27. The van der Waals surface area contributed by atoms with E-state index in [1.165, 1.54) is 6.92 Å². The Balaban J connectivity index is 0.000000208. The second-order valence-electron chi connectivity index (χ2n) is 8.55. The predicted molar refractivity (Wildman–Crippen MR) is 145 cm³/mol. The Labute approximate surface area is 216 Å². The molecule has 9 heteroatoms. The summed E-state index contributed by atoms with van der Waals surface area (Å²) in [5, 5.41) is 4.70. The molecule has 196 valence electrons. The number of carbonyl (C=O) groups is 3. The lowest BCUT2D eigenvalue weighted by Gasteiger charge is -2.08. The molecule has 0 spiro atoms. The zero-order valence-electron chi connectivity index (χ0n) is 22.0. The number of fused-ring (bicyclic) bond motifs is 2. The Kier molecular flexibility index (Phi) is 8.95. The first-order valence-electron chi connectivity index (χ1n) is 12.2. The van der Waals surface area contributed by atoms with Gasteiger partial charge in [-0.25, -0.2) is 0 Å². The average Bonchev–Trinajstić information content (AvgIpc) is 3.32. The van der Waals surface area contributed by atoms with Gasteiger partial charge in [-0.1, -0.05) is 12.1 Å². The van der Waals surface area contributed by atoms with Crippen molar-refractivity contribution in [3.8, 4) is 0 Å². The summed E-state index contributed by atoms with van der Waals surface area (Å²) < 4.78 is 13.8. The standard InChI is InChI=1S/C15H18N2O3.C13H16N2O2/c1-4-20-15(19)9-17-10(2)8-12-13(16-11(3)18)6-5-7-14(12)17;1-3-17-13(16)8-15-9(2)7-10-11(14)5-4-6-12(10)15/h5-8H,4,9H2,1-3H3,(H,16,18);4-7H,3,8,14H2,1-2H3. The molecule has 37 heavy (non-hydrogen) atoms. The van der Waals surface area contributed by atoms with E-state index < -0.39 is 0 Å². The van der Waals surface area contributed by atoms with Crippen molar-refractivity contribution in [1.82, 2.24) is 9.13 Å². The van der Waals surface area contributed by atoms with Crippen molar-refractivity contribution in [3.05, 3.63) is 59.9 Å². The molecule has 2 heterocycles. The van der Waals surface area contributed by atoms with Gasteiger partial charge in [0.25, 0.3) is 0 Å². The van der Waals surface area contributed by atoms with Crippen molar-refractivity contribution in [1.29, 1.82) is 0 Å². The minimum absolute atomic E-state index is 0.117. The minimum Gasteiger partial charge on any atom is -0.465 e. The number of anilines is 2. The fourth-order valence-corrected chi connectivity index (χ4v) is 4.25. The maximum Gasteiger partial charge on any atom is 0.325 e. The van der Waals surface area contributed by atoms with E-state index in [1.54, 1.807) is 13.8 Å². The second kappa shape index (κ2) is 12.1. The number of hydrogen-bond acceptors (Lipinski definition) is 6. The molecule has 2 aromatic heterocycles. The molecule has 0 aliphatic carbocycles. The number of esters is 2. The van der Waals surface area contributed by atoms with Crippen LogP contribution in [-0.2, 0) is 36.9 Å². The number of nitrogen functional groups attached to an aromatic ring is 1. The molecule has 1 amide bonds. The van der Waals surface area contributed by atoms with Gasteiger partial charge in [0.15, 0.2) is 0 Å².